The molecule has 0 spiro atoms. The van der Waals surface area contributed by atoms with Crippen LogP contribution in [0.1, 0.15) is 90.2 Å². The molecule has 0 amide bonds. The lowest BCUT2D eigenvalue weighted by Gasteiger charge is -2.46. The molecule has 4 atom stereocenters. The second kappa shape index (κ2) is 15.1. The van der Waals surface area contributed by atoms with Crippen LogP contribution in [0.2, 0.25) is 0 Å². The van der Waals surface area contributed by atoms with Crippen molar-refractivity contribution < 1.29 is 28.5 Å². The van der Waals surface area contributed by atoms with Gasteiger partial charge in [0.2, 0.25) is 0 Å². The highest BCUT2D eigenvalue weighted by atomic mass is 16.8. The van der Waals surface area contributed by atoms with Gasteiger partial charge >= 0.3 is 5.97 Å². The summed E-state index contributed by atoms with van der Waals surface area (Å²) in [6.07, 6.45) is 13.8. The van der Waals surface area contributed by atoms with E-state index in [4.69, 9.17) is 28.7 Å². The van der Waals surface area contributed by atoms with E-state index in [0.29, 0.717) is 37.5 Å². The number of fused-ring (bicyclic) bond motifs is 2. The Morgan fingerprint density at radius 1 is 1.04 bits per heavy atom. The van der Waals surface area contributed by atoms with Gasteiger partial charge in [0.05, 0.1) is 38.4 Å². The third-order valence-electron chi connectivity index (χ3n) is 11.6. The fraction of sp³-hybridized carbons (Fsp3) is 0.667. The SMILES string of the molecule is CCOC(=O)CCCC1CC(N(CC2CCC2)C[C@H]2C[C@@H](n3ccc4c(NCc5ccc(OC)cc5OC)ncnc43)[C@@H]3OC(C)(C)O[C@H]23)C1. The Morgan fingerprint density at radius 2 is 1.86 bits per heavy atom. The molecular weight excluding hydrogens is 634 g/mol. The molecule has 272 valence electrons. The number of benzene rings is 1. The number of carbonyl (C=O) groups is 1. The van der Waals surface area contributed by atoms with Gasteiger partial charge in [0.1, 0.15) is 35.4 Å². The quantitative estimate of drug-likeness (QED) is 0.162. The molecule has 0 radical (unpaired) electrons. The van der Waals surface area contributed by atoms with Crippen LogP contribution in [0.15, 0.2) is 36.8 Å². The maximum Gasteiger partial charge on any atom is 0.305 e. The molecule has 11 nitrogen and oxygen atoms in total. The molecule has 3 saturated carbocycles. The Bertz CT molecular complexity index is 1620. The normalized spacial score (nSPS) is 27.2. The van der Waals surface area contributed by atoms with Crippen molar-refractivity contribution in [1.29, 1.82) is 0 Å². The summed E-state index contributed by atoms with van der Waals surface area (Å²) in [5, 5.41) is 4.51. The van der Waals surface area contributed by atoms with Gasteiger partial charge in [0.25, 0.3) is 0 Å². The van der Waals surface area contributed by atoms with E-state index in [1.807, 2.05) is 39.0 Å². The van der Waals surface area contributed by atoms with Gasteiger partial charge in [0.15, 0.2) is 5.79 Å². The summed E-state index contributed by atoms with van der Waals surface area (Å²) >= 11 is 0. The molecule has 3 heterocycles. The first-order valence-corrected chi connectivity index (χ1v) is 18.8. The van der Waals surface area contributed by atoms with Crippen molar-refractivity contribution in [3.8, 4) is 11.5 Å². The number of esters is 1. The van der Waals surface area contributed by atoms with E-state index in [1.165, 1.54) is 38.6 Å². The number of rotatable bonds is 16. The van der Waals surface area contributed by atoms with E-state index in [2.05, 4.69) is 32.0 Å². The minimum atomic E-state index is -0.631. The highest BCUT2D eigenvalue weighted by molar-refractivity contribution is 5.87. The zero-order valence-electron chi connectivity index (χ0n) is 30.4. The smallest absolute Gasteiger partial charge is 0.305 e. The summed E-state index contributed by atoms with van der Waals surface area (Å²) in [4.78, 5) is 24.1. The Labute approximate surface area is 296 Å². The third-order valence-corrected chi connectivity index (χ3v) is 11.6. The van der Waals surface area contributed by atoms with Crippen molar-refractivity contribution in [3.63, 3.8) is 0 Å². The zero-order valence-corrected chi connectivity index (χ0v) is 30.4. The number of aromatic nitrogens is 3. The van der Waals surface area contributed by atoms with Crippen LogP contribution in [-0.4, -0.2) is 83.4 Å². The zero-order chi connectivity index (χ0) is 34.8. The van der Waals surface area contributed by atoms with E-state index in [9.17, 15) is 4.79 Å². The van der Waals surface area contributed by atoms with Crippen LogP contribution in [0.4, 0.5) is 5.82 Å². The first-order valence-electron chi connectivity index (χ1n) is 18.8. The average Bonchev–Trinajstić information content (AvgIpc) is 3.73. The summed E-state index contributed by atoms with van der Waals surface area (Å²) in [5.41, 5.74) is 1.92. The van der Waals surface area contributed by atoms with Gasteiger partial charge in [-0.2, -0.15) is 0 Å². The molecule has 11 heteroatoms. The van der Waals surface area contributed by atoms with Gasteiger partial charge in [-0.15, -0.1) is 0 Å². The summed E-state index contributed by atoms with van der Waals surface area (Å²) in [5.74, 6) is 3.47. The van der Waals surface area contributed by atoms with Gasteiger partial charge in [0, 0.05) is 55.8 Å². The maximum atomic E-state index is 11.8. The number of hydrogen-bond acceptors (Lipinski definition) is 10. The summed E-state index contributed by atoms with van der Waals surface area (Å²) in [7, 11) is 3.33. The molecule has 50 heavy (non-hydrogen) atoms. The number of anilines is 1. The minimum absolute atomic E-state index is 0.0266. The van der Waals surface area contributed by atoms with E-state index < -0.39 is 5.79 Å². The van der Waals surface area contributed by atoms with E-state index in [-0.39, 0.29) is 24.2 Å². The highest BCUT2D eigenvalue weighted by Crippen LogP contribution is 2.49. The first-order chi connectivity index (χ1) is 24.2. The highest BCUT2D eigenvalue weighted by Gasteiger charge is 2.55. The molecule has 7 rings (SSSR count). The summed E-state index contributed by atoms with van der Waals surface area (Å²) < 4.78 is 31.8. The van der Waals surface area contributed by atoms with Gasteiger partial charge in [-0.25, -0.2) is 9.97 Å². The molecule has 1 aliphatic heterocycles. The van der Waals surface area contributed by atoms with Crippen LogP contribution in [0, 0.1) is 17.8 Å². The number of nitrogens with one attached hydrogen (secondary N) is 1. The van der Waals surface area contributed by atoms with Crippen LogP contribution < -0.4 is 14.8 Å². The van der Waals surface area contributed by atoms with E-state index in [1.54, 1.807) is 20.5 Å². The molecule has 1 saturated heterocycles. The predicted molar refractivity (Wildman–Crippen MR) is 191 cm³/mol. The lowest BCUT2D eigenvalue weighted by Crippen LogP contribution is -2.50. The second-order valence-electron chi connectivity index (χ2n) is 15.3. The van der Waals surface area contributed by atoms with Gasteiger partial charge in [-0.3, -0.25) is 9.69 Å². The van der Waals surface area contributed by atoms with Crippen LogP contribution in [0.3, 0.4) is 0 Å². The molecular formula is C39H55N5O6. The fourth-order valence-electron chi connectivity index (χ4n) is 8.75. The molecule has 0 bridgehead atoms. The minimum Gasteiger partial charge on any atom is -0.497 e. The van der Waals surface area contributed by atoms with E-state index >= 15 is 0 Å². The maximum absolute atomic E-state index is 11.8. The van der Waals surface area contributed by atoms with Crippen LogP contribution in [-0.2, 0) is 25.5 Å². The third kappa shape index (κ3) is 7.46. The Hall–Kier alpha value is -3.41. The molecule has 4 aliphatic rings. The Kier molecular flexibility index (Phi) is 10.5. The van der Waals surface area contributed by atoms with Gasteiger partial charge in [-0.05, 0) is 95.8 Å². The Balaban J connectivity index is 1.05. The molecule has 3 aromatic rings. The van der Waals surface area contributed by atoms with Crippen molar-refractivity contribution in [2.24, 2.45) is 17.8 Å². The number of nitrogens with zero attached hydrogens (tertiary/aromatic N) is 4. The van der Waals surface area contributed by atoms with Crippen molar-refractivity contribution in [2.45, 2.75) is 115 Å². The largest absolute Gasteiger partial charge is 0.497 e. The van der Waals surface area contributed by atoms with Crippen molar-refractivity contribution in [1.82, 2.24) is 19.4 Å². The summed E-state index contributed by atoms with van der Waals surface area (Å²) in [6.45, 7) is 9.18. The lowest BCUT2D eigenvalue weighted by molar-refractivity contribution is -0.161. The molecule has 1 N–H and O–H groups in total. The standard InChI is InChI=1S/C39H55N5O6/c1-6-48-34(45)12-8-11-26-17-29(18-26)43(22-25-9-7-10-25)23-28-19-32(36-35(28)49-39(2,3)50-36)44-16-15-31-37(41-24-42-38(31)44)40-21-27-13-14-30(46-4)20-33(27)47-5/h13-16,20,24-26,28-29,32,35-36H,6-12,17-19,21-23H2,1-5H3,(H,40,41,42)/t26?,28-,29?,32-,35-,36+/m1/s1. The molecule has 0 unspecified atom stereocenters. The predicted octanol–water partition coefficient (Wildman–Crippen LogP) is 6.76. The first kappa shape index (κ1) is 35.0. The average molecular weight is 690 g/mol. The lowest BCUT2D eigenvalue weighted by atomic mass is 9.75. The topological polar surface area (TPSA) is 109 Å². The van der Waals surface area contributed by atoms with Gasteiger partial charge < -0.3 is 33.6 Å². The number of carbonyl (C=O) groups excluding carboxylic acids is 1. The number of hydrogen-bond donors (Lipinski definition) is 1. The summed E-state index contributed by atoms with van der Waals surface area (Å²) in [6, 6.07) is 8.68. The molecule has 4 fully saturated rings. The second-order valence-corrected chi connectivity index (χ2v) is 15.3. The Morgan fingerprint density at radius 3 is 2.60 bits per heavy atom. The van der Waals surface area contributed by atoms with Gasteiger partial charge in [-0.1, -0.05) is 6.42 Å². The number of methoxy groups -OCH3 is 2. The van der Waals surface area contributed by atoms with Crippen molar-refractivity contribution in [2.75, 3.05) is 39.2 Å². The molecule has 2 aromatic heterocycles. The monoisotopic (exact) mass is 689 g/mol. The van der Waals surface area contributed by atoms with Crippen molar-refractivity contribution >= 4 is 22.8 Å². The van der Waals surface area contributed by atoms with Crippen LogP contribution in [0.25, 0.3) is 11.0 Å². The molecule has 1 aromatic carbocycles. The fourth-order valence-corrected chi connectivity index (χ4v) is 8.75. The van der Waals surface area contributed by atoms with E-state index in [0.717, 1.165) is 65.6 Å². The molecule has 3 aliphatic carbocycles. The van der Waals surface area contributed by atoms with Crippen LogP contribution in [0.5, 0.6) is 11.5 Å². The van der Waals surface area contributed by atoms with Crippen molar-refractivity contribution in [3.05, 3.63) is 42.4 Å². The van der Waals surface area contributed by atoms with Crippen LogP contribution >= 0.6 is 0 Å². The number of ether oxygens (including phenoxy) is 5.